The van der Waals surface area contributed by atoms with E-state index in [0.717, 1.165) is 6.42 Å². The lowest BCUT2D eigenvalue weighted by atomic mass is 10.2. The SMILES string of the molecule is C=C(C)C(=O)OCCNC(=O)OCCOCCOCCOCCOCCOCCOCCOCCOCCOC(=O)CCCC[Si](OC)(OC)OC. The van der Waals surface area contributed by atoms with E-state index in [2.05, 4.69) is 11.9 Å². The van der Waals surface area contributed by atoms with E-state index in [1.807, 2.05) is 0 Å². The van der Waals surface area contributed by atoms with Crippen molar-refractivity contribution in [3.63, 3.8) is 0 Å². The molecule has 0 rings (SSSR count). The molecule has 0 bridgehead atoms. The molecule has 0 aliphatic rings. The lowest BCUT2D eigenvalue weighted by Crippen LogP contribution is -2.42. The predicted octanol–water partition coefficient (Wildman–Crippen LogP) is 1.56. The smallest absolute Gasteiger partial charge is 0.463 e. The second kappa shape index (κ2) is 37.1. The third kappa shape index (κ3) is 32.4. The van der Waals surface area contributed by atoms with Crippen molar-refractivity contribution in [2.75, 3.05) is 153 Å². The van der Waals surface area contributed by atoms with E-state index < -0.39 is 20.9 Å². The molecule has 0 aliphatic heterocycles. The maximum Gasteiger partial charge on any atom is 0.500 e. The Morgan fingerprint density at radius 1 is 0.500 bits per heavy atom. The number of rotatable bonds is 39. The number of esters is 2. The molecular formula is C33H63NO17Si. The minimum Gasteiger partial charge on any atom is -0.463 e. The fourth-order valence-corrected chi connectivity index (χ4v) is 5.55. The molecule has 0 aromatic rings. The normalized spacial score (nSPS) is 11.4. The largest absolute Gasteiger partial charge is 0.500 e. The van der Waals surface area contributed by atoms with Gasteiger partial charge in [-0.05, 0) is 19.8 Å². The number of hydrogen-bond donors (Lipinski definition) is 1. The molecule has 18 nitrogen and oxygen atoms in total. The van der Waals surface area contributed by atoms with Crippen molar-refractivity contribution in [2.45, 2.75) is 32.2 Å². The predicted molar refractivity (Wildman–Crippen MR) is 188 cm³/mol. The van der Waals surface area contributed by atoms with Gasteiger partial charge in [-0.1, -0.05) is 6.58 Å². The molecule has 19 heteroatoms. The van der Waals surface area contributed by atoms with Gasteiger partial charge in [-0.25, -0.2) is 9.59 Å². The van der Waals surface area contributed by atoms with Crippen LogP contribution in [-0.4, -0.2) is 180 Å². The van der Waals surface area contributed by atoms with Crippen LogP contribution in [0.25, 0.3) is 0 Å². The van der Waals surface area contributed by atoms with Gasteiger partial charge in [0.15, 0.2) is 0 Å². The molecule has 0 aliphatic carbocycles. The van der Waals surface area contributed by atoms with Gasteiger partial charge in [-0.15, -0.1) is 0 Å². The Kier molecular flexibility index (Phi) is 35.4. The maximum atomic E-state index is 11.8. The number of unbranched alkanes of at least 4 members (excludes halogenated alkanes) is 1. The van der Waals surface area contributed by atoms with E-state index in [1.54, 1.807) is 28.3 Å². The van der Waals surface area contributed by atoms with Crippen LogP contribution in [0.5, 0.6) is 0 Å². The summed E-state index contributed by atoms with van der Waals surface area (Å²) >= 11 is 0. The van der Waals surface area contributed by atoms with Crippen LogP contribution in [0.4, 0.5) is 4.79 Å². The van der Waals surface area contributed by atoms with Gasteiger partial charge in [0.1, 0.15) is 19.8 Å². The number of carbonyl (C=O) groups excluding carboxylic acids is 3. The van der Waals surface area contributed by atoms with E-state index in [1.165, 1.54) is 0 Å². The molecule has 0 radical (unpaired) electrons. The summed E-state index contributed by atoms with van der Waals surface area (Å²) in [6.45, 7) is 12.0. The van der Waals surface area contributed by atoms with E-state index in [9.17, 15) is 14.4 Å². The van der Waals surface area contributed by atoms with Crippen LogP contribution in [0.15, 0.2) is 12.2 Å². The molecule has 0 aromatic heterocycles. The van der Waals surface area contributed by atoms with Crippen LogP contribution in [0.2, 0.25) is 6.04 Å². The zero-order valence-electron chi connectivity index (χ0n) is 31.6. The van der Waals surface area contributed by atoms with Gasteiger partial charge in [0, 0.05) is 39.4 Å². The molecular weight excluding hydrogens is 710 g/mol. The Morgan fingerprint density at radius 2 is 0.865 bits per heavy atom. The molecule has 0 fully saturated rings. The summed E-state index contributed by atoms with van der Waals surface area (Å²) in [5.41, 5.74) is 0.293. The third-order valence-electron chi connectivity index (χ3n) is 6.56. The molecule has 52 heavy (non-hydrogen) atoms. The summed E-state index contributed by atoms with van der Waals surface area (Å²) in [6, 6.07) is 0.646. The molecule has 0 heterocycles. The lowest BCUT2D eigenvalue weighted by molar-refractivity contribution is -0.145. The highest BCUT2D eigenvalue weighted by atomic mass is 28.4. The van der Waals surface area contributed by atoms with E-state index >= 15 is 0 Å². The average Bonchev–Trinajstić information content (AvgIpc) is 3.14. The van der Waals surface area contributed by atoms with E-state index in [4.69, 9.17) is 65.4 Å². The molecule has 0 saturated heterocycles. The maximum absolute atomic E-state index is 11.8. The van der Waals surface area contributed by atoms with Crippen LogP contribution in [0.1, 0.15) is 26.2 Å². The van der Waals surface area contributed by atoms with Gasteiger partial charge >= 0.3 is 26.8 Å². The van der Waals surface area contributed by atoms with Crippen molar-refractivity contribution in [1.82, 2.24) is 5.32 Å². The molecule has 0 aromatic carbocycles. The minimum atomic E-state index is -2.59. The number of ether oxygens (including phenoxy) is 11. The summed E-state index contributed by atoms with van der Waals surface area (Å²) in [6.07, 6.45) is 1.12. The summed E-state index contributed by atoms with van der Waals surface area (Å²) in [5.74, 6) is -0.770. The number of carbonyl (C=O) groups is 3. The monoisotopic (exact) mass is 773 g/mol. The lowest BCUT2D eigenvalue weighted by Gasteiger charge is -2.24. The van der Waals surface area contributed by atoms with Crippen molar-refractivity contribution in [2.24, 2.45) is 0 Å². The van der Waals surface area contributed by atoms with E-state index in [0.29, 0.717) is 124 Å². The molecule has 1 N–H and O–H groups in total. The van der Waals surface area contributed by atoms with Crippen LogP contribution < -0.4 is 5.32 Å². The van der Waals surface area contributed by atoms with Gasteiger partial charge in [0.25, 0.3) is 0 Å². The summed E-state index contributed by atoms with van der Waals surface area (Å²) in [4.78, 5) is 34.5. The number of hydrogen-bond acceptors (Lipinski definition) is 17. The van der Waals surface area contributed by atoms with Crippen LogP contribution in [-0.2, 0) is 75.0 Å². The molecule has 0 unspecified atom stereocenters. The van der Waals surface area contributed by atoms with Crippen molar-refractivity contribution in [3.8, 4) is 0 Å². The highest BCUT2D eigenvalue weighted by Gasteiger charge is 2.36. The summed E-state index contributed by atoms with van der Waals surface area (Å²) in [5, 5.41) is 2.46. The van der Waals surface area contributed by atoms with Gasteiger partial charge in [0.2, 0.25) is 0 Å². The van der Waals surface area contributed by atoms with Crippen LogP contribution in [0, 0.1) is 0 Å². The topological polar surface area (TPSA) is 192 Å². The standard InChI is InChI=1S/C33H63NO17Si/c1-30(2)32(36)50-10-9-34-33(37)51-28-26-48-24-22-46-20-18-44-16-14-42-12-11-41-13-15-43-17-19-45-21-23-47-25-27-49-31(35)8-6-7-29-52(38-3,39-4)40-5/h1,6-29H2,2-5H3,(H,34,37). The Morgan fingerprint density at radius 3 is 1.23 bits per heavy atom. The van der Waals surface area contributed by atoms with Crippen molar-refractivity contribution in [3.05, 3.63) is 12.2 Å². The average molecular weight is 774 g/mol. The Labute approximate surface area is 309 Å². The fourth-order valence-electron chi connectivity index (χ4n) is 3.76. The number of nitrogens with one attached hydrogen (secondary N) is 1. The van der Waals surface area contributed by atoms with Crippen LogP contribution in [0.3, 0.4) is 0 Å². The van der Waals surface area contributed by atoms with Gasteiger partial charge in [-0.3, -0.25) is 4.79 Å². The first-order valence-corrected chi connectivity index (χ1v) is 19.4. The fraction of sp³-hybridized carbons (Fsp3) is 0.848. The first-order chi connectivity index (χ1) is 25.3. The Bertz CT molecular complexity index is 873. The third-order valence-corrected chi connectivity index (χ3v) is 9.39. The first kappa shape index (κ1) is 49.7. The molecule has 0 saturated carbocycles. The van der Waals surface area contributed by atoms with E-state index in [-0.39, 0.29) is 38.9 Å². The van der Waals surface area contributed by atoms with Gasteiger partial charge < -0.3 is 70.7 Å². The summed E-state index contributed by atoms with van der Waals surface area (Å²) in [7, 11) is 2.12. The quantitative estimate of drug-likeness (QED) is 0.0311. The van der Waals surface area contributed by atoms with Crippen molar-refractivity contribution < 1.29 is 79.8 Å². The summed E-state index contributed by atoms with van der Waals surface area (Å²) < 4.78 is 74.4. The Hall–Kier alpha value is -2.27. The Balaban J connectivity index is 3.25. The highest BCUT2D eigenvalue weighted by molar-refractivity contribution is 6.60. The molecule has 306 valence electrons. The van der Waals surface area contributed by atoms with Crippen LogP contribution >= 0.6 is 0 Å². The highest BCUT2D eigenvalue weighted by Crippen LogP contribution is 2.17. The van der Waals surface area contributed by atoms with Crippen molar-refractivity contribution in [1.29, 1.82) is 0 Å². The molecule has 0 spiro atoms. The second-order valence-electron chi connectivity index (χ2n) is 10.6. The first-order valence-electron chi connectivity index (χ1n) is 17.5. The molecule has 1 amide bonds. The zero-order valence-corrected chi connectivity index (χ0v) is 32.6. The van der Waals surface area contributed by atoms with Crippen molar-refractivity contribution >= 4 is 26.8 Å². The number of amides is 1. The second-order valence-corrected chi connectivity index (χ2v) is 13.7. The van der Waals surface area contributed by atoms with Gasteiger partial charge in [-0.2, -0.15) is 0 Å². The number of alkyl carbamates (subject to hydrolysis) is 1. The molecule has 0 atom stereocenters. The van der Waals surface area contributed by atoms with Gasteiger partial charge in [0.05, 0.1) is 112 Å². The zero-order chi connectivity index (χ0) is 38.4. The minimum absolute atomic E-state index is 0.0356.